The molecule has 0 saturated carbocycles. The van der Waals surface area contributed by atoms with E-state index in [9.17, 15) is 9.59 Å². The van der Waals surface area contributed by atoms with Gasteiger partial charge in [0.1, 0.15) is 0 Å². The van der Waals surface area contributed by atoms with Crippen molar-refractivity contribution in [3.05, 3.63) is 0 Å². The molecule has 0 aliphatic carbocycles. The molecule has 5 heteroatoms. The second-order valence-corrected chi connectivity index (χ2v) is 10.1. The van der Waals surface area contributed by atoms with Crippen LogP contribution >= 0.6 is 0 Å². The van der Waals surface area contributed by atoms with Gasteiger partial charge in [-0.25, -0.2) is 0 Å². The Hall–Kier alpha value is 2.41. The van der Waals surface area contributed by atoms with Gasteiger partial charge in [-0.3, -0.25) is 9.59 Å². The van der Waals surface area contributed by atoms with Crippen LogP contribution in [0.5, 0.6) is 0 Å². The molecule has 0 fully saturated rings. The summed E-state index contributed by atoms with van der Waals surface area (Å²) < 4.78 is 4.97. The number of carbonyl (C=O) groups is 2. The van der Waals surface area contributed by atoms with Crippen LogP contribution in [0.1, 0.15) is 181 Å². The van der Waals surface area contributed by atoms with Gasteiger partial charge in [-0.2, -0.15) is 0 Å². The average molecular weight is 547 g/mol. The van der Waals surface area contributed by atoms with Crippen molar-refractivity contribution in [1.82, 2.24) is 0 Å². The van der Waals surface area contributed by atoms with Crippen LogP contribution in [0.2, 0.25) is 0 Å². The van der Waals surface area contributed by atoms with Gasteiger partial charge in [0.05, 0.1) is 0 Å². The third-order valence-electron chi connectivity index (χ3n) is 6.70. The molecule has 200 valence electrons. The van der Waals surface area contributed by atoms with Crippen molar-refractivity contribution < 1.29 is 14.3 Å². The summed E-state index contributed by atoms with van der Waals surface area (Å²) in [7, 11) is 0. The van der Waals surface area contributed by atoms with Gasteiger partial charge >= 0.3 is 115 Å². The first-order chi connectivity index (χ1) is 16.2. The van der Waals surface area contributed by atoms with Crippen LogP contribution in [0.25, 0.3) is 0 Å². The molecule has 0 aliphatic heterocycles. The summed E-state index contributed by atoms with van der Waals surface area (Å²) >= 11 is 0. The quantitative estimate of drug-likeness (QED) is 0.0470. The van der Waals surface area contributed by atoms with E-state index in [2.05, 4.69) is 13.8 Å². The fourth-order valence-corrected chi connectivity index (χ4v) is 4.45. The van der Waals surface area contributed by atoms with Gasteiger partial charge in [0, 0.05) is 12.8 Å². The van der Waals surface area contributed by atoms with E-state index in [1.54, 1.807) is 0 Å². The summed E-state index contributed by atoms with van der Waals surface area (Å²) in [5.74, 6) is -0.656. The summed E-state index contributed by atoms with van der Waals surface area (Å²) in [6.07, 6.45) is 31.4. The second kappa shape index (κ2) is 36.4. The Morgan fingerprint density at radius 3 is 0.800 bits per heavy atom. The molecule has 0 atom stereocenters. The van der Waals surface area contributed by atoms with E-state index in [0.717, 1.165) is 25.7 Å². The van der Waals surface area contributed by atoms with Crippen molar-refractivity contribution in [3.63, 3.8) is 0 Å². The summed E-state index contributed by atoms with van der Waals surface area (Å²) in [6, 6.07) is 0. The van der Waals surface area contributed by atoms with Crippen LogP contribution < -0.4 is 0 Å². The third-order valence-corrected chi connectivity index (χ3v) is 6.70. The van der Waals surface area contributed by atoms with Crippen molar-refractivity contribution in [1.29, 1.82) is 0 Å². The zero-order valence-electron chi connectivity index (χ0n) is 22.6. The first-order valence-electron chi connectivity index (χ1n) is 14.9. The summed E-state index contributed by atoms with van der Waals surface area (Å²) in [5.41, 5.74) is 0. The molecule has 0 aromatic heterocycles. The number of hydrogen-bond donors (Lipinski definition) is 0. The number of unbranched alkanes of at least 4 members (excludes halogenated alkanes) is 22. The van der Waals surface area contributed by atoms with Gasteiger partial charge in [-0.05, 0) is 12.8 Å². The van der Waals surface area contributed by atoms with E-state index in [1.807, 2.05) is 0 Å². The molecule has 0 bridgehead atoms. The minimum absolute atomic E-state index is 0. The normalized spacial score (nSPS) is 10.5. The molecular formula is C30H60K2O3. The Morgan fingerprint density at radius 1 is 0.371 bits per heavy atom. The zero-order valence-corrected chi connectivity index (χ0v) is 22.6. The van der Waals surface area contributed by atoms with Gasteiger partial charge < -0.3 is 4.74 Å². The SMILES string of the molecule is CCCCCCCCCCCCCCCC(=O)OC(=O)CCCCCCCCCCCCC.[KH].[KH]. The topological polar surface area (TPSA) is 43.4 Å². The van der Waals surface area contributed by atoms with E-state index in [1.165, 1.54) is 128 Å². The number of carbonyl (C=O) groups excluding carboxylic acids is 2. The summed E-state index contributed by atoms with van der Waals surface area (Å²) in [6.45, 7) is 4.52. The average Bonchev–Trinajstić information content (AvgIpc) is 2.80. The molecule has 0 N–H and O–H groups in total. The van der Waals surface area contributed by atoms with Gasteiger partial charge in [0.2, 0.25) is 0 Å². The van der Waals surface area contributed by atoms with E-state index in [-0.39, 0.29) is 115 Å². The van der Waals surface area contributed by atoms with Gasteiger partial charge in [0.25, 0.3) is 0 Å². The van der Waals surface area contributed by atoms with E-state index in [4.69, 9.17) is 4.74 Å². The predicted octanol–water partition coefficient (Wildman–Crippen LogP) is 8.94. The van der Waals surface area contributed by atoms with E-state index < -0.39 is 0 Å². The number of ether oxygens (including phenoxy) is 1. The second-order valence-electron chi connectivity index (χ2n) is 10.1. The first-order valence-corrected chi connectivity index (χ1v) is 14.9. The summed E-state index contributed by atoms with van der Waals surface area (Å²) in [4.78, 5) is 23.6. The summed E-state index contributed by atoms with van der Waals surface area (Å²) in [5, 5.41) is 0. The molecule has 0 spiro atoms. The van der Waals surface area contributed by atoms with Gasteiger partial charge in [-0.15, -0.1) is 0 Å². The third kappa shape index (κ3) is 36.4. The Kier molecular flexibility index (Phi) is 43.6. The van der Waals surface area contributed by atoms with Crippen LogP contribution in [0.3, 0.4) is 0 Å². The molecule has 3 nitrogen and oxygen atoms in total. The molecule has 0 radical (unpaired) electrons. The monoisotopic (exact) mass is 546 g/mol. The molecule has 0 rings (SSSR count). The molecule has 35 heavy (non-hydrogen) atoms. The fourth-order valence-electron chi connectivity index (χ4n) is 4.45. The Balaban J connectivity index is -0.00000512. The molecule has 0 heterocycles. The first kappa shape index (κ1) is 41.9. The molecule has 0 aromatic rings. The molecule has 0 saturated heterocycles. The van der Waals surface area contributed by atoms with Crippen molar-refractivity contribution in [2.24, 2.45) is 0 Å². The molecule has 0 amide bonds. The minimum atomic E-state index is -0.328. The van der Waals surface area contributed by atoms with Gasteiger partial charge in [-0.1, -0.05) is 155 Å². The fraction of sp³-hybridized carbons (Fsp3) is 0.933. The van der Waals surface area contributed by atoms with E-state index in [0.29, 0.717) is 12.8 Å². The van der Waals surface area contributed by atoms with Crippen molar-refractivity contribution >= 4 is 115 Å². The molecule has 0 aromatic carbocycles. The Labute approximate surface area is 305 Å². The van der Waals surface area contributed by atoms with Crippen LogP contribution in [0.15, 0.2) is 0 Å². The molecule has 0 aliphatic rings. The number of hydrogen-bond acceptors (Lipinski definition) is 3. The van der Waals surface area contributed by atoms with Crippen LogP contribution in [0.4, 0.5) is 0 Å². The maximum atomic E-state index is 11.8. The molecule has 0 unspecified atom stereocenters. The Bertz CT molecular complexity index is 430. The van der Waals surface area contributed by atoms with Crippen molar-refractivity contribution in [3.8, 4) is 0 Å². The standard InChI is InChI=1S/C30H58O3.2K.2H/c1-3-5-7-9-11-13-15-16-18-20-22-24-26-28-30(32)33-29(31)27-25-23-21-19-17-14-12-10-8-6-4-2;;;;/h3-28H2,1-2H3;;;;. The van der Waals surface area contributed by atoms with Crippen LogP contribution in [0, 0.1) is 0 Å². The van der Waals surface area contributed by atoms with Gasteiger partial charge in [0.15, 0.2) is 0 Å². The van der Waals surface area contributed by atoms with Crippen LogP contribution in [-0.2, 0) is 14.3 Å². The van der Waals surface area contributed by atoms with Crippen molar-refractivity contribution in [2.75, 3.05) is 0 Å². The Morgan fingerprint density at radius 2 is 0.571 bits per heavy atom. The molecular weight excluding hydrogens is 487 g/mol. The number of esters is 2. The number of rotatable bonds is 26. The maximum absolute atomic E-state index is 11.8. The predicted molar refractivity (Wildman–Crippen MR) is 157 cm³/mol. The van der Waals surface area contributed by atoms with E-state index >= 15 is 0 Å². The van der Waals surface area contributed by atoms with Crippen molar-refractivity contribution in [2.45, 2.75) is 181 Å². The zero-order chi connectivity index (χ0) is 24.2. The van der Waals surface area contributed by atoms with Crippen LogP contribution in [-0.4, -0.2) is 115 Å².